The first-order chi connectivity index (χ1) is 10.3. The van der Waals surface area contributed by atoms with E-state index in [2.05, 4.69) is 15.5 Å². The number of methoxy groups -OCH3 is 1. The Morgan fingerprint density at radius 3 is 2.90 bits per heavy atom. The highest BCUT2D eigenvalue weighted by Gasteiger charge is 2.17. The van der Waals surface area contributed by atoms with E-state index < -0.39 is 0 Å². The minimum Gasteiger partial charge on any atom is -0.496 e. The first kappa shape index (κ1) is 14.1. The van der Waals surface area contributed by atoms with Crippen LogP contribution in [0.2, 0.25) is 0 Å². The van der Waals surface area contributed by atoms with Crippen molar-refractivity contribution in [3.63, 3.8) is 0 Å². The molecule has 112 valence electrons. The van der Waals surface area contributed by atoms with Crippen molar-refractivity contribution in [1.29, 1.82) is 0 Å². The number of nitrogens with zero attached hydrogens (tertiary/aromatic N) is 2. The van der Waals surface area contributed by atoms with Crippen molar-refractivity contribution in [2.45, 2.75) is 25.7 Å². The van der Waals surface area contributed by atoms with Gasteiger partial charge in [0.05, 0.1) is 7.11 Å². The SMILES string of the molecule is COc1ccccc1Cc1noc(CC2CCNCC2)n1. The largest absolute Gasteiger partial charge is 0.496 e. The fourth-order valence-electron chi connectivity index (χ4n) is 2.80. The number of para-hydroxylation sites is 1. The fourth-order valence-corrected chi connectivity index (χ4v) is 2.80. The third kappa shape index (κ3) is 3.61. The first-order valence-electron chi connectivity index (χ1n) is 7.49. The van der Waals surface area contributed by atoms with Gasteiger partial charge in [-0.3, -0.25) is 0 Å². The van der Waals surface area contributed by atoms with E-state index in [4.69, 9.17) is 9.26 Å². The first-order valence-corrected chi connectivity index (χ1v) is 7.49. The van der Waals surface area contributed by atoms with Crippen molar-refractivity contribution in [1.82, 2.24) is 15.5 Å². The van der Waals surface area contributed by atoms with E-state index in [-0.39, 0.29) is 0 Å². The highest BCUT2D eigenvalue weighted by Crippen LogP contribution is 2.21. The van der Waals surface area contributed by atoms with E-state index in [1.54, 1.807) is 7.11 Å². The van der Waals surface area contributed by atoms with Gasteiger partial charge in [0.2, 0.25) is 5.89 Å². The van der Waals surface area contributed by atoms with Crippen LogP contribution in [-0.2, 0) is 12.8 Å². The molecule has 2 heterocycles. The highest BCUT2D eigenvalue weighted by atomic mass is 16.5. The molecule has 0 radical (unpaired) electrons. The van der Waals surface area contributed by atoms with Crippen LogP contribution in [0.15, 0.2) is 28.8 Å². The van der Waals surface area contributed by atoms with Gasteiger partial charge in [0.25, 0.3) is 0 Å². The van der Waals surface area contributed by atoms with Gasteiger partial charge in [-0.2, -0.15) is 4.98 Å². The monoisotopic (exact) mass is 287 g/mol. The minimum absolute atomic E-state index is 0.639. The Bertz CT molecular complexity index is 576. The molecule has 0 saturated carbocycles. The maximum atomic E-state index is 5.39. The standard InChI is InChI=1S/C16H21N3O2/c1-20-14-5-3-2-4-13(14)11-15-18-16(21-19-15)10-12-6-8-17-9-7-12/h2-5,12,17H,6-11H2,1H3. The number of ether oxygens (including phenoxy) is 1. The lowest BCUT2D eigenvalue weighted by Gasteiger charge is -2.20. The van der Waals surface area contributed by atoms with Crippen molar-refractivity contribution < 1.29 is 9.26 Å². The Hall–Kier alpha value is -1.88. The summed E-state index contributed by atoms with van der Waals surface area (Å²) in [4.78, 5) is 4.52. The van der Waals surface area contributed by atoms with E-state index in [1.165, 1.54) is 12.8 Å². The molecule has 1 fully saturated rings. The summed E-state index contributed by atoms with van der Waals surface area (Å²) in [5.74, 6) is 3.00. The van der Waals surface area contributed by atoms with E-state index in [1.807, 2.05) is 24.3 Å². The molecule has 2 aromatic rings. The second kappa shape index (κ2) is 6.72. The molecule has 1 saturated heterocycles. The van der Waals surface area contributed by atoms with Crippen LogP contribution < -0.4 is 10.1 Å². The summed E-state index contributed by atoms with van der Waals surface area (Å²) in [6.45, 7) is 2.18. The lowest BCUT2D eigenvalue weighted by Crippen LogP contribution is -2.28. The Morgan fingerprint density at radius 2 is 2.10 bits per heavy atom. The van der Waals surface area contributed by atoms with Gasteiger partial charge in [0.1, 0.15) is 5.75 Å². The van der Waals surface area contributed by atoms with Gasteiger partial charge in [-0.05, 0) is 37.9 Å². The molecule has 3 rings (SSSR count). The molecule has 21 heavy (non-hydrogen) atoms. The number of rotatable bonds is 5. The molecule has 0 unspecified atom stereocenters. The average molecular weight is 287 g/mol. The van der Waals surface area contributed by atoms with Crippen LogP contribution in [0.1, 0.15) is 30.1 Å². The molecular formula is C16H21N3O2. The van der Waals surface area contributed by atoms with Crippen LogP contribution in [0, 0.1) is 5.92 Å². The molecule has 5 nitrogen and oxygen atoms in total. The van der Waals surface area contributed by atoms with Crippen molar-refractivity contribution in [2.75, 3.05) is 20.2 Å². The second-order valence-corrected chi connectivity index (χ2v) is 5.49. The predicted molar refractivity (Wildman–Crippen MR) is 79.4 cm³/mol. The minimum atomic E-state index is 0.639. The zero-order chi connectivity index (χ0) is 14.5. The Balaban J connectivity index is 1.64. The summed E-state index contributed by atoms with van der Waals surface area (Å²) in [7, 11) is 1.68. The van der Waals surface area contributed by atoms with E-state index in [0.29, 0.717) is 12.3 Å². The molecule has 1 aliphatic heterocycles. The van der Waals surface area contributed by atoms with Gasteiger partial charge in [0.15, 0.2) is 5.82 Å². The summed E-state index contributed by atoms with van der Waals surface area (Å²) < 4.78 is 10.7. The van der Waals surface area contributed by atoms with Crippen LogP contribution in [0.25, 0.3) is 0 Å². The molecule has 5 heteroatoms. The number of aromatic nitrogens is 2. The third-order valence-electron chi connectivity index (χ3n) is 3.97. The molecular weight excluding hydrogens is 266 g/mol. The van der Waals surface area contributed by atoms with Crippen molar-refractivity contribution in [3.8, 4) is 5.75 Å². The number of hydrogen-bond donors (Lipinski definition) is 1. The Morgan fingerprint density at radius 1 is 1.29 bits per heavy atom. The zero-order valence-electron chi connectivity index (χ0n) is 12.3. The van der Waals surface area contributed by atoms with Crippen LogP contribution in [0.4, 0.5) is 0 Å². The van der Waals surface area contributed by atoms with Gasteiger partial charge in [-0.15, -0.1) is 0 Å². The van der Waals surface area contributed by atoms with Gasteiger partial charge in [-0.25, -0.2) is 0 Å². The summed E-state index contributed by atoms with van der Waals surface area (Å²) in [5.41, 5.74) is 1.08. The molecule has 0 aliphatic carbocycles. The zero-order valence-corrected chi connectivity index (χ0v) is 12.3. The fraction of sp³-hybridized carbons (Fsp3) is 0.500. The quantitative estimate of drug-likeness (QED) is 0.913. The summed E-state index contributed by atoms with van der Waals surface area (Å²) >= 11 is 0. The van der Waals surface area contributed by atoms with Gasteiger partial charge in [0, 0.05) is 18.4 Å². The van der Waals surface area contributed by atoms with E-state index >= 15 is 0 Å². The summed E-state index contributed by atoms with van der Waals surface area (Å²) in [5, 5.41) is 7.47. The Labute approximate surface area is 124 Å². The number of piperidine rings is 1. The highest BCUT2D eigenvalue weighted by molar-refractivity contribution is 5.35. The average Bonchev–Trinajstić information content (AvgIpc) is 2.96. The van der Waals surface area contributed by atoms with Gasteiger partial charge in [-0.1, -0.05) is 23.4 Å². The molecule has 0 bridgehead atoms. The topological polar surface area (TPSA) is 60.2 Å². The predicted octanol–water partition coefficient (Wildman–Crippen LogP) is 2.21. The molecule has 1 aliphatic rings. The lowest BCUT2D eigenvalue weighted by atomic mass is 9.95. The van der Waals surface area contributed by atoms with Crippen LogP contribution >= 0.6 is 0 Å². The molecule has 0 atom stereocenters. The normalized spacial score (nSPS) is 16.0. The van der Waals surface area contributed by atoms with Crippen molar-refractivity contribution in [2.24, 2.45) is 5.92 Å². The van der Waals surface area contributed by atoms with Gasteiger partial charge < -0.3 is 14.6 Å². The molecule has 1 aromatic heterocycles. The van der Waals surface area contributed by atoms with E-state index in [0.717, 1.165) is 42.5 Å². The smallest absolute Gasteiger partial charge is 0.226 e. The maximum absolute atomic E-state index is 5.39. The molecule has 0 amide bonds. The van der Waals surface area contributed by atoms with E-state index in [9.17, 15) is 0 Å². The number of hydrogen-bond acceptors (Lipinski definition) is 5. The summed E-state index contributed by atoms with van der Waals surface area (Å²) in [6, 6.07) is 7.93. The molecule has 1 N–H and O–H groups in total. The lowest BCUT2D eigenvalue weighted by molar-refractivity contribution is 0.312. The second-order valence-electron chi connectivity index (χ2n) is 5.49. The van der Waals surface area contributed by atoms with Crippen LogP contribution in [0.3, 0.4) is 0 Å². The van der Waals surface area contributed by atoms with Gasteiger partial charge >= 0.3 is 0 Å². The molecule has 1 aromatic carbocycles. The maximum Gasteiger partial charge on any atom is 0.226 e. The van der Waals surface area contributed by atoms with Crippen molar-refractivity contribution >= 4 is 0 Å². The molecule has 0 spiro atoms. The number of nitrogens with one attached hydrogen (secondary N) is 1. The Kier molecular flexibility index (Phi) is 4.50. The van der Waals surface area contributed by atoms with Crippen molar-refractivity contribution in [3.05, 3.63) is 41.5 Å². The third-order valence-corrected chi connectivity index (χ3v) is 3.97. The van der Waals surface area contributed by atoms with Crippen LogP contribution in [0.5, 0.6) is 5.75 Å². The summed E-state index contributed by atoms with van der Waals surface area (Å²) in [6.07, 6.45) is 3.90. The number of benzene rings is 1. The van der Waals surface area contributed by atoms with Crippen LogP contribution in [-0.4, -0.2) is 30.3 Å².